The molecule has 0 atom stereocenters. The molecule has 0 saturated heterocycles. The van der Waals surface area contributed by atoms with E-state index in [1.165, 1.54) is 19.3 Å². The molecule has 1 saturated carbocycles. The lowest BCUT2D eigenvalue weighted by atomic mass is 9.71. The van der Waals surface area contributed by atoms with Gasteiger partial charge in [-0.2, -0.15) is 0 Å². The first kappa shape index (κ1) is 16.1. The zero-order valence-electron chi connectivity index (χ0n) is 12.5. The predicted octanol–water partition coefficient (Wildman–Crippen LogP) is 3.59. The fourth-order valence-corrected chi connectivity index (χ4v) is 3.30. The number of anilines is 1. The van der Waals surface area contributed by atoms with Crippen molar-refractivity contribution in [1.82, 2.24) is 0 Å². The molecule has 1 aromatic carbocycles. The van der Waals surface area contributed by atoms with Crippen molar-refractivity contribution in [2.45, 2.75) is 38.5 Å². The molecule has 1 amide bonds. The number of benzene rings is 1. The van der Waals surface area contributed by atoms with Crippen LogP contribution in [0.4, 0.5) is 5.69 Å². The number of rotatable bonds is 5. The standard InChI is InChI=1S/C16H23ClN2O2/c1-21-14-6-5-12(9-13(14)17)19-15(20)10-16(11-18)7-3-2-4-8-16/h5-6,9H,2-4,7-8,10-11,18H2,1H3,(H,19,20). The maximum atomic E-state index is 12.3. The summed E-state index contributed by atoms with van der Waals surface area (Å²) in [6.07, 6.45) is 6.14. The average Bonchev–Trinajstić information content (AvgIpc) is 2.48. The van der Waals surface area contributed by atoms with Gasteiger partial charge in [-0.05, 0) is 43.0 Å². The van der Waals surface area contributed by atoms with Crippen molar-refractivity contribution in [3.63, 3.8) is 0 Å². The van der Waals surface area contributed by atoms with Crippen molar-refractivity contribution in [2.24, 2.45) is 11.1 Å². The number of carbonyl (C=O) groups is 1. The fourth-order valence-electron chi connectivity index (χ4n) is 3.04. The van der Waals surface area contributed by atoms with Crippen LogP contribution in [0, 0.1) is 5.41 Å². The van der Waals surface area contributed by atoms with Gasteiger partial charge in [0.2, 0.25) is 5.91 Å². The van der Waals surface area contributed by atoms with E-state index >= 15 is 0 Å². The molecule has 1 fully saturated rings. The van der Waals surface area contributed by atoms with Gasteiger partial charge in [0.05, 0.1) is 12.1 Å². The van der Waals surface area contributed by atoms with E-state index in [9.17, 15) is 4.79 Å². The molecular formula is C16H23ClN2O2. The van der Waals surface area contributed by atoms with Gasteiger partial charge < -0.3 is 15.8 Å². The van der Waals surface area contributed by atoms with E-state index in [2.05, 4.69) is 5.32 Å². The molecule has 0 radical (unpaired) electrons. The maximum absolute atomic E-state index is 12.3. The van der Waals surface area contributed by atoms with E-state index in [4.69, 9.17) is 22.1 Å². The Morgan fingerprint density at radius 3 is 2.67 bits per heavy atom. The second-order valence-electron chi connectivity index (χ2n) is 5.84. The third-order valence-corrected chi connectivity index (χ3v) is 4.61. The van der Waals surface area contributed by atoms with E-state index in [-0.39, 0.29) is 11.3 Å². The van der Waals surface area contributed by atoms with Crippen molar-refractivity contribution in [1.29, 1.82) is 0 Å². The van der Waals surface area contributed by atoms with Crippen LogP contribution in [0.15, 0.2) is 18.2 Å². The first-order valence-electron chi connectivity index (χ1n) is 7.42. The second-order valence-corrected chi connectivity index (χ2v) is 6.25. The van der Waals surface area contributed by atoms with Crippen LogP contribution in [0.5, 0.6) is 5.75 Å². The molecule has 0 aromatic heterocycles. The lowest BCUT2D eigenvalue weighted by Gasteiger charge is -2.35. The molecule has 0 unspecified atom stereocenters. The van der Waals surface area contributed by atoms with E-state index < -0.39 is 0 Å². The molecule has 0 bridgehead atoms. The molecule has 0 heterocycles. The van der Waals surface area contributed by atoms with Gasteiger partial charge in [0.15, 0.2) is 0 Å². The highest BCUT2D eigenvalue weighted by molar-refractivity contribution is 6.32. The van der Waals surface area contributed by atoms with Crippen LogP contribution in [0.1, 0.15) is 38.5 Å². The normalized spacial score (nSPS) is 17.3. The fraction of sp³-hybridized carbons (Fsp3) is 0.562. The van der Waals surface area contributed by atoms with Crippen LogP contribution < -0.4 is 15.8 Å². The molecule has 0 spiro atoms. The minimum atomic E-state index is -0.0292. The zero-order valence-corrected chi connectivity index (χ0v) is 13.2. The summed E-state index contributed by atoms with van der Waals surface area (Å²) < 4.78 is 5.10. The molecule has 5 heteroatoms. The summed E-state index contributed by atoms with van der Waals surface area (Å²) >= 11 is 6.06. The van der Waals surface area contributed by atoms with Crippen molar-refractivity contribution in [2.75, 3.05) is 19.0 Å². The molecule has 1 aliphatic carbocycles. The van der Waals surface area contributed by atoms with Gasteiger partial charge >= 0.3 is 0 Å². The Morgan fingerprint density at radius 2 is 2.10 bits per heavy atom. The van der Waals surface area contributed by atoms with Crippen LogP contribution >= 0.6 is 11.6 Å². The number of ether oxygens (including phenoxy) is 1. The summed E-state index contributed by atoms with van der Waals surface area (Å²) in [5.41, 5.74) is 6.58. The van der Waals surface area contributed by atoms with E-state index in [0.717, 1.165) is 12.8 Å². The molecule has 2 rings (SSSR count). The largest absolute Gasteiger partial charge is 0.495 e. The number of nitrogens with two attached hydrogens (primary N) is 1. The van der Waals surface area contributed by atoms with Crippen LogP contribution in [0.2, 0.25) is 5.02 Å². The highest BCUT2D eigenvalue weighted by Crippen LogP contribution is 2.38. The van der Waals surface area contributed by atoms with Crippen molar-refractivity contribution in [3.05, 3.63) is 23.2 Å². The van der Waals surface area contributed by atoms with E-state index in [0.29, 0.717) is 29.4 Å². The molecule has 21 heavy (non-hydrogen) atoms. The van der Waals surface area contributed by atoms with Gasteiger partial charge in [0.1, 0.15) is 5.75 Å². The van der Waals surface area contributed by atoms with Gasteiger partial charge in [-0.1, -0.05) is 30.9 Å². The number of methoxy groups -OCH3 is 1. The Morgan fingerprint density at radius 1 is 1.38 bits per heavy atom. The van der Waals surface area contributed by atoms with Crippen molar-refractivity contribution >= 4 is 23.2 Å². The summed E-state index contributed by atoms with van der Waals surface area (Å²) in [5, 5.41) is 3.39. The summed E-state index contributed by atoms with van der Waals surface area (Å²) in [7, 11) is 1.56. The Hall–Kier alpha value is -1.26. The number of halogens is 1. The summed E-state index contributed by atoms with van der Waals surface area (Å²) in [5.74, 6) is 0.601. The molecule has 3 N–H and O–H groups in total. The Kier molecular flexibility index (Phi) is 5.48. The molecule has 0 aliphatic heterocycles. The smallest absolute Gasteiger partial charge is 0.224 e. The molecular weight excluding hydrogens is 288 g/mol. The lowest BCUT2D eigenvalue weighted by molar-refractivity contribution is -0.118. The molecule has 4 nitrogen and oxygen atoms in total. The minimum absolute atomic E-state index is 0.00332. The molecule has 1 aromatic rings. The van der Waals surface area contributed by atoms with Crippen LogP contribution in [0.25, 0.3) is 0 Å². The van der Waals surface area contributed by atoms with Crippen molar-refractivity contribution in [3.8, 4) is 5.75 Å². The third kappa shape index (κ3) is 4.11. The summed E-state index contributed by atoms with van der Waals surface area (Å²) in [4.78, 5) is 12.3. The van der Waals surface area contributed by atoms with Crippen LogP contribution in [0.3, 0.4) is 0 Å². The van der Waals surface area contributed by atoms with Crippen molar-refractivity contribution < 1.29 is 9.53 Å². The van der Waals surface area contributed by atoms with Gasteiger partial charge in [0, 0.05) is 12.1 Å². The number of nitrogens with one attached hydrogen (secondary N) is 1. The topological polar surface area (TPSA) is 64.3 Å². The highest BCUT2D eigenvalue weighted by Gasteiger charge is 2.32. The molecule has 1 aliphatic rings. The van der Waals surface area contributed by atoms with E-state index in [1.54, 1.807) is 25.3 Å². The lowest BCUT2D eigenvalue weighted by Crippen LogP contribution is -2.36. The average molecular weight is 311 g/mol. The SMILES string of the molecule is COc1ccc(NC(=O)CC2(CN)CCCCC2)cc1Cl. The Balaban J connectivity index is 1.99. The van der Waals surface area contributed by atoms with Gasteiger partial charge in [-0.3, -0.25) is 4.79 Å². The quantitative estimate of drug-likeness (QED) is 0.873. The summed E-state index contributed by atoms with van der Waals surface area (Å²) in [6.45, 7) is 0.573. The minimum Gasteiger partial charge on any atom is -0.495 e. The van der Waals surface area contributed by atoms with Crippen LogP contribution in [-0.4, -0.2) is 19.6 Å². The zero-order chi connectivity index (χ0) is 15.3. The maximum Gasteiger partial charge on any atom is 0.224 e. The second kappa shape index (κ2) is 7.14. The first-order valence-corrected chi connectivity index (χ1v) is 7.80. The van der Waals surface area contributed by atoms with Crippen LogP contribution in [-0.2, 0) is 4.79 Å². The number of hydrogen-bond donors (Lipinski definition) is 2. The summed E-state index contributed by atoms with van der Waals surface area (Å²) in [6, 6.07) is 5.24. The monoisotopic (exact) mass is 310 g/mol. The predicted molar refractivity (Wildman–Crippen MR) is 85.8 cm³/mol. The van der Waals surface area contributed by atoms with Gasteiger partial charge in [-0.25, -0.2) is 0 Å². The molecule has 116 valence electrons. The first-order chi connectivity index (χ1) is 10.1. The number of hydrogen-bond acceptors (Lipinski definition) is 3. The third-order valence-electron chi connectivity index (χ3n) is 4.32. The number of amides is 1. The van der Waals surface area contributed by atoms with E-state index in [1.807, 2.05) is 0 Å². The number of carbonyl (C=O) groups excluding carboxylic acids is 1. The highest BCUT2D eigenvalue weighted by atomic mass is 35.5. The Bertz CT molecular complexity index is 499. The Labute approximate surface area is 131 Å². The van der Waals surface area contributed by atoms with Gasteiger partial charge in [-0.15, -0.1) is 0 Å². The van der Waals surface area contributed by atoms with Gasteiger partial charge in [0.25, 0.3) is 0 Å².